The average molecular weight is 302 g/mol. The number of fused-ring (bicyclic) bond motifs is 3. The third-order valence-corrected chi connectivity index (χ3v) is 4.40. The molecule has 1 aromatic rings. The van der Waals surface area contributed by atoms with Crippen molar-refractivity contribution < 1.29 is 14.3 Å². The molecular weight excluding hydrogens is 284 g/mol. The summed E-state index contributed by atoms with van der Waals surface area (Å²) in [7, 11) is 0. The molecule has 2 saturated heterocycles. The number of nitrogens with one attached hydrogen (secondary N) is 2. The highest BCUT2D eigenvalue weighted by Gasteiger charge is 2.31. The lowest BCUT2D eigenvalue weighted by atomic mass is 10.1. The van der Waals surface area contributed by atoms with Crippen molar-refractivity contribution in [2.24, 2.45) is 0 Å². The molecule has 7 nitrogen and oxygen atoms in total. The quantitative estimate of drug-likeness (QED) is 0.781. The maximum absolute atomic E-state index is 11.9. The third-order valence-electron chi connectivity index (χ3n) is 4.40. The van der Waals surface area contributed by atoms with Crippen LogP contribution < -0.4 is 25.2 Å². The minimum Gasteiger partial charge on any atom is -0.489 e. The van der Waals surface area contributed by atoms with Crippen molar-refractivity contribution in [2.45, 2.75) is 12.5 Å². The second-order valence-electron chi connectivity index (χ2n) is 5.77. The topological polar surface area (TPSA) is 73.9 Å². The number of carbonyl (C=O) groups is 2. The van der Waals surface area contributed by atoms with Gasteiger partial charge in [-0.15, -0.1) is 0 Å². The van der Waals surface area contributed by atoms with Crippen molar-refractivity contribution in [3.8, 4) is 5.75 Å². The Bertz CT molecular complexity index is 633. The number of anilines is 2. The van der Waals surface area contributed by atoms with Gasteiger partial charge in [-0.1, -0.05) is 0 Å². The molecule has 7 heteroatoms. The van der Waals surface area contributed by atoms with E-state index in [0.717, 1.165) is 36.8 Å². The number of hydrogen-bond donors (Lipinski definition) is 2. The Labute approximate surface area is 128 Å². The van der Waals surface area contributed by atoms with Crippen LogP contribution in [0.3, 0.4) is 0 Å². The van der Waals surface area contributed by atoms with E-state index in [2.05, 4.69) is 15.5 Å². The third kappa shape index (κ3) is 2.18. The SMILES string of the molecule is O=C1CCN(c2ccc3c(c2)OC[C@@H]2CNCCN32)C(=O)N1. The predicted molar refractivity (Wildman–Crippen MR) is 81.4 cm³/mol. The number of amides is 3. The Morgan fingerprint density at radius 3 is 3.00 bits per heavy atom. The van der Waals surface area contributed by atoms with Gasteiger partial charge in [0.15, 0.2) is 0 Å². The summed E-state index contributed by atoms with van der Waals surface area (Å²) in [4.78, 5) is 27.1. The van der Waals surface area contributed by atoms with Gasteiger partial charge in [0.05, 0.1) is 11.7 Å². The molecule has 0 saturated carbocycles. The lowest BCUT2D eigenvalue weighted by Gasteiger charge is -2.42. The first-order valence-electron chi connectivity index (χ1n) is 7.58. The van der Waals surface area contributed by atoms with Crippen molar-refractivity contribution in [1.82, 2.24) is 10.6 Å². The van der Waals surface area contributed by atoms with Gasteiger partial charge in [-0.25, -0.2) is 4.79 Å². The van der Waals surface area contributed by atoms with E-state index in [-0.39, 0.29) is 11.9 Å². The lowest BCUT2D eigenvalue weighted by molar-refractivity contribution is -0.120. The average Bonchev–Trinajstić information content (AvgIpc) is 2.54. The summed E-state index contributed by atoms with van der Waals surface area (Å²) in [6.07, 6.45) is 0.323. The Morgan fingerprint density at radius 1 is 1.23 bits per heavy atom. The van der Waals surface area contributed by atoms with Crippen LogP contribution in [0.15, 0.2) is 18.2 Å². The molecule has 0 aromatic heterocycles. The van der Waals surface area contributed by atoms with Crippen LogP contribution in [0.4, 0.5) is 16.2 Å². The van der Waals surface area contributed by atoms with Gasteiger partial charge in [0.25, 0.3) is 0 Å². The van der Waals surface area contributed by atoms with Crippen molar-refractivity contribution in [3.05, 3.63) is 18.2 Å². The first-order valence-corrected chi connectivity index (χ1v) is 7.58. The van der Waals surface area contributed by atoms with E-state index in [9.17, 15) is 9.59 Å². The molecule has 1 atom stereocenters. The van der Waals surface area contributed by atoms with E-state index in [0.29, 0.717) is 25.6 Å². The number of rotatable bonds is 1. The highest BCUT2D eigenvalue weighted by Crippen LogP contribution is 2.37. The minimum absolute atomic E-state index is 0.223. The van der Waals surface area contributed by atoms with Gasteiger partial charge in [-0.3, -0.25) is 15.0 Å². The normalized spacial score (nSPS) is 24.3. The molecule has 0 unspecified atom stereocenters. The first-order chi connectivity index (χ1) is 10.7. The standard InChI is InChI=1S/C15H18N4O3/c20-14-3-5-19(15(21)17-14)10-1-2-12-13(7-10)22-9-11-8-16-4-6-18(11)12/h1-2,7,11,16H,3-6,8-9H2,(H,17,20,21)/t11-/m0/s1. The number of nitrogens with zero attached hydrogens (tertiary/aromatic N) is 2. The molecule has 0 spiro atoms. The Kier molecular flexibility index (Phi) is 3.15. The van der Waals surface area contributed by atoms with E-state index in [4.69, 9.17) is 4.74 Å². The molecule has 3 aliphatic rings. The van der Waals surface area contributed by atoms with Crippen LogP contribution in [0, 0.1) is 0 Å². The number of urea groups is 1. The fraction of sp³-hybridized carbons (Fsp3) is 0.467. The summed E-state index contributed by atoms with van der Waals surface area (Å²) in [5.41, 5.74) is 1.84. The smallest absolute Gasteiger partial charge is 0.328 e. The first kappa shape index (κ1) is 13.4. The van der Waals surface area contributed by atoms with Crippen LogP contribution in [0.25, 0.3) is 0 Å². The lowest BCUT2D eigenvalue weighted by Crippen LogP contribution is -2.55. The highest BCUT2D eigenvalue weighted by atomic mass is 16.5. The van der Waals surface area contributed by atoms with Gasteiger partial charge in [0.2, 0.25) is 5.91 Å². The van der Waals surface area contributed by atoms with Crippen LogP contribution in [-0.4, -0.2) is 50.8 Å². The van der Waals surface area contributed by atoms with Crippen molar-refractivity contribution >= 4 is 23.3 Å². The van der Waals surface area contributed by atoms with Gasteiger partial charge in [-0.2, -0.15) is 0 Å². The number of piperazine rings is 1. The summed E-state index contributed by atoms with van der Waals surface area (Å²) in [6, 6.07) is 5.81. The summed E-state index contributed by atoms with van der Waals surface area (Å²) in [5, 5.41) is 5.71. The molecule has 0 radical (unpaired) electrons. The van der Waals surface area contributed by atoms with Crippen LogP contribution in [0.2, 0.25) is 0 Å². The minimum atomic E-state index is -0.368. The molecule has 0 bridgehead atoms. The number of imide groups is 1. The van der Waals surface area contributed by atoms with E-state index in [1.165, 1.54) is 0 Å². The van der Waals surface area contributed by atoms with Gasteiger partial charge < -0.3 is 15.0 Å². The Morgan fingerprint density at radius 2 is 2.14 bits per heavy atom. The molecule has 22 heavy (non-hydrogen) atoms. The predicted octanol–water partition coefficient (Wildman–Crippen LogP) is 0.304. The fourth-order valence-corrected chi connectivity index (χ4v) is 3.25. The molecule has 3 heterocycles. The molecular formula is C15H18N4O3. The zero-order valence-corrected chi connectivity index (χ0v) is 12.2. The number of ether oxygens (including phenoxy) is 1. The van der Waals surface area contributed by atoms with Gasteiger partial charge in [0, 0.05) is 44.4 Å². The van der Waals surface area contributed by atoms with Crippen LogP contribution in [0.5, 0.6) is 5.75 Å². The molecule has 0 aliphatic carbocycles. The zero-order chi connectivity index (χ0) is 15.1. The molecule has 2 fully saturated rings. The van der Waals surface area contributed by atoms with Crippen molar-refractivity contribution in [1.29, 1.82) is 0 Å². The second-order valence-corrected chi connectivity index (χ2v) is 5.77. The zero-order valence-electron chi connectivity index (χ0n) is 12.2. The Hall–Kier alpha value is -2.28. The van der Waals surface area contributed by atoms with Gasteiger partial charge in [0.1, 0.15) is 12.4 Å². The second kappa shape index (κ2) is 5.17. The summed E-state index contributed by atoms with van der Waals surface area (Å²) < 4.78 is 5.87. The largest absolute Gasteiger partial charge is 0.489 e. The monoisotopic (exact) mass is 302 g/mol. The molecule has 4 rings (SSSR count). The van der Waals surface area contributed by atoms with E-state index < -0.39 is 0 Å². The van der Waals surface area contributed by atoms with E-state index in [1.54, 1.807) is 4.90 Å². The summed E-state index contributed by atoms with van der Waals surface area (Å²) in [5.74, 6) is 0.583. The number of carbonyl (C=O) groups excluding carboxylic acids is 2. The number of benzene rings is 1. The maximum atomic E-state index is 11.9. The van der Waals surface area contributed by atoms with Crippen molar-refractivity contribution in [3.63, 3.8) is 0 Å². The Balaban J connectivity index is 1.62. The summed E-state index contributed by atoms with van der Waals surface area (Å²) >= 11 is 0. The van der Waals surface area contributed by atoms with E-state index >= 15 is 0 Å². The van der Waals surface area contributed by atoms with Gasteiger partial charge in [-0.05, 0) is 12.1 Å². The van der Waals surface area contributed by atoms with Crippen LogP contribution in [-0.2, 0) is 4.79 Å². The summed E-state index contributed by atoms with van der Waals surface area (Å²) in [6.45, 7) is 3.90. The highest BCUT2D eigenvalue weighted by molar-refractivity contribution is 6.05. The maximum Gasteiger partial charge on any atom is 0.328 e. The number of hydrogen-bond acceptors (Lipinski definition) is 5. The van der Waals surface area contributed by atoms with Gasteiger partial charge >= 0.3 is 6.03 Å². The van der Waals surface area contributed by atoms with Crippen molar-refractivity contribution in [2.75, 3.05) is 42.6 Å². The molecule has 1 aromatic carbocycles. The fourth-order valence-electron chi connectivity index (χ4n) is 3.25. The van der Waals surface area contributed by atoms with Crippen LogP contribution >= 0.6 is 0 Å². The van der Waals surface area contributed by atoms with Crippen LogP contribution in [0.1, 0.15) is 6.42 Å². The molecule has 116 valence electrons. The van der Waals surface area contributed by atoms with E-state index in [1.807, 2.05) is 18.2 Å². The molecule has 2 N–H and O–H groups in total. The molecule has 3 amide bonds. The molecule has 3 aliphatic heterocycles.